The van der Waals surface area contributed by atoms with Crippen LogP contribution in [0.15, 0.2) is 34.4 Å². The fourth-order valence-electron chi connectivity index (χ4n) is 5.30. The van der Waals surface area contributed by atoms with E-state index in [1.54, 1.807) is 20.8 Å². The number of aromatic hydroxyl groups is 3. The van der Waals surface area contributed by atoms with Crippen molar-refractivity contribution in [3.05, 3.63) is 73.4 Å². The van der Waals surface area contributed by atoms with Crippen molar-refractivity contribution >= 4 is 23.1 Å². The van der Waals surface area contributed by atoms with Crippen LogP contribution in [0.4, 0.5) is 0 Å². The average molecular weight is 489 g/mol. The number of rotatable bonds is 3. The van der Waals surface area contributed by atoms with Gasteiger partial charge in [-0.05, 0) is 50.3 Å². The zero-order valence-electron chi connectivity index (χ0n) is 21.3. The van der Waals surface area contributed by atoms with Gasteiger partial charge in [-0.2, -0.15) is 0 Å². The number of hydrogen-bond acceptors (Lipinski definition) is 7. The van der Waals surface area contributed by atoms with E-state index in [4.69, 9.17) is 0 Å². The fraction of sp³-hybridized carbons (Fsp3) is 0.310. The van der Waals surface area contributed by atoms with Crippen LogP contribution in [-0.4, -0.2) is 38.5 Å². The quantitative estimate of drug-likeness (QED) is 0.490. The van der Waals surface area contributed by atoms with E-state index >= 15 is 0 Å². The summed E-state index contributed by atoms with van der Waals surface area (Å²) < 4.78 is 0. The lowest BCUT2D eigenvalue weighted by Crippen LogP contribution is -2.30. The van der Waals surface area contributed by atoms with Crippen LogP contribution in [-0.2, 0) is 0 Å². The van der Waals surface area contributed by atoms with Crippen LogP contribution < -0.4 is 0 Å². The summed E-state index contributed by atoms with van der Waals surface area (Å²) in [5.74, 6) is -4.02. The molecule has 0 aromatic heterocycles. The summed E-state index contributed by atoms with van der Waals surface area (Å²) in [6.45, 7) is 11.5. The van der Waals surface area contributed by atoms with Gasteiger partial charge in [-0.25, -0.2) is 0 Å². The Morgan fingerprint density at radius 3 is 1.39 bits per heavy atom. The van der Waals surface area contributed by atoms with Crippen LogP contribution in [0, 0.1) is 6.92 Å². The minimum atomic E-state index is -0.683. The maximum atomic E-state index is 13.8. The zero-order valence-corrected chi connectivity index (χ0v) is 21.3. The van der Waals surface area contributed by atoms with E-state index in [2.05, 4.69) is 0 Å². The van der Waals surface area contributed by atoms with Crippen molar-refractivity contribution in [1.82, 2.24) is 0 Å². The van der Waals surface area contributed by atoms with Crippen molar-refractivity contribution in [2.45, 2.75) is 60.3 Å². The summed E-state index contributed by atoms with van der Waals surface area (Å²) in [5, 5.41) is 31.4. The number of phenols is 3. The monoisotopic (exact) mass is 488 g/mol. The number of hydrogen-bond donors (Lipinski definition) is 3. The van der Waals surface area contributed by atoms with E-state index in [1.807, 2.05) is 13.8 Å². The molecule has 2 aromatic carbocycles. The number of carbonyl (C=O) groups excluding carboxylic acids is 4. The van der Waals surface area contributed by atoms with Crippen molar-refractivity contribution in [3.8, 4) is 17.2 Å². The predicted molar refractivity (Wildman–Crippen MR) is 134 cm³/mol. The number of fused-ring (bicyclic) bond motifs is 2. The summed E-state index contributed by atoms with van der Waals surface area (Å²) in [6, 6.07) is 2.46. The Labute approximate surface area is 208 Å². The molecule has 4 rings (SSSR count). The Kier molecular flexibility index (Phi) is 5.78. The van der Waals surface area contributed by atoms with Gasteiger partial charge in [0.1, 0.15) is 5.75 Å². The molecule has 0 heterocycles. The highest BCUT2D eigenvalue weighted by atomic mass is 16.3. The highest BCUT2D eigenvalue weighted by Crippen LogP contribution is 2.46. The van der Waals surface area contributed by atoms with Gasteiger partial charge in [0.15, 0.2) is 34.6 Å². The predicted octanol–water partition coefficient (Wildman–Crippen LogP) is 5.45. The molecule has 0 amide bonds. The Bertz CT molecular complexity index is 1380. The second kappa shape index (κ2) is 8.29. The smallest absolute Gasteiger partial charge is 0.195 e. The van der Waals surface area contributed by atoms with Crippen LogP contribution >= 0.6 is 0 Å². The van der Waals surface area contributed by atoms with Crippen molar-refractivity contribution in [3.63, 3.8) is 0 Å². The maximum Gasteiger partial charge on any atom is 0.195 e. The van der Waals surface area contributed by atoms with Gasteiger partial charge in [-0.1, -0.05) is 27.7 Å². The molecule has 2 aliphatic carbocycles. The molecule has 3 N–H and O–H groups in total. The Morgan fingerprint density at radius 2 is 0.972 bits per heavy atom. The van der Waals surface area contributed by atoms with Gasteiger partial charge in [0.05, 0.1) is 0 Å². The van der Waals surface area contributed by atoms with E-state index in [-0.39, 0.29) is 67.7 Å². The first-order valence-electron chi connectivity index (χ1n) is 11.8. The molecule has 36 heavy (non-hydrogen) atoms. The molecule has 0 fully saturated rings. The van der Waals surface area contributed by atoms with Crippen molar-refractivity contribution in [1.29, 1.82) is 0 Å². The lowest BCUT2D eigenvalue weighted by Gasteiger charge is -2.29. The van der Waals surface area contributed by atoms with Crippen LogP contribution in [0.3, 0.4) is 0 Å². The number of allylic oxidation sites excluding steroid dienone is 4. The van der Waals surface area contributed by atoms with Gasteiger partial charge in [0, 0.05) is 55.7 Å². The third-order valence-corrected chi connectivity index (χ3v) is 7.08. The molecule has 7 nitrogen and oxygen atoms in total. The summed E-state index contributed by atoms with van der Waals surface area (Å²) >= 11 is 0. The number of phenolic OH excluding ortho intramolecular Hbond substituents is 3. The number of Topliss-reactive ketones (excluding diaryl/α,β-unsaturated/α-hetero) is 4. The van der Waals surface area contributed by atoms with E-state index in [9.17, 15) is 34.5 Å². The summed E-state index contributed by atoms with van der Waals surface area (Å²) in [4.78, 5) is 54.7. The standard InChI is InChI=1S/C29H28O7/c1-10(2)18-22-15(8-12(5)24(18)31)27(34)20(13(6)25(22)32)21-14(7)26(33)23-16(28(21)35)9-17(30)29(36)19(23)11(3)4/h8-11,30-31,36H,1-7H3. The molecule has 0 spiro atoms. The average Bonchev–Trinajstić information content (AvgIpc) is 2.80. The number of benzene rings is 2. The van der Waals surface area contributed by atoms with Gasteiger partial charge in [0.25, 0.3) is 0 Å². The summed E-state index contributed by atoms with van der Waals surface area (Å²) in [6.07, 6.45) is 0. The number of aryl methyl sites for hydroxylation is 1. The van der Waals surface area contributed by atoms with Crippen LogP contribution in [0.5, 0.6) is 17.2 Å². The van der Waals surface area contributed by atoms with Crippen LogP contribution in [0.1, 0.15) is 112 Å². The molecule has 0 atom stereocenters. The molecule has 2 aromatic rings. The lowest BCUT2D eigenvalue weighted by molar-refractivity contribution is 0.0951. The Hall–Kier alpha value is -4.00. The highest BCUT2D eigenvalue weighted by molar-refractivity contribution is 6.37. The minimum Gasteiger partial charge on any atom is -0.507 e. The first-order chi connectivity index (χ1) is 16.7. The third-order valence-electron chi connectivity index (χ3n) is 7.08. The molecule has 186 valence electrons. The largest absolute Gasteiger partial charge is 0.507 e. The van der Waals surface area contributed by atoms with Crippen molar-refractivity contribution < 1.29 is 34.5 Å². The Balaban J connectivity index is 2.02. The van der Waals surface area contributed by atoms with Gasteiger partial charge in [-0.15, -0.1) is 0 Å². The topological polar surface area (TPSA) is 129 Å². The van der Waals surface area contributed by atoms with Gasteiger partial charge >= 0.3 is 0 Å². The molecule has 0 bridgehead atoms. The SMILES string of the molecule is CC1=C(C2=C(C)C(=O)c3c(cc(O)c(O)c3C(C)C)C2=O)C(=O)c2cc(C)c(O)c(C(C)C)c2C1=O. The van der Waals surface area contributed by atoms with Gasteiger partial charge in [-0.3, -0.25) is 19.2 Å². The number of carbonyl (C=O) groups is 4. The molecule has 0 saturated carbocycles. The molecular weight excluding hydrogens is 460 g/mol. The minimum absolute atomic E-state index is 0.00341. The molecular formula is C29H28O7. The fourth-order valence-corrected chi connectivity index (χ4v) is 5.30. The molecule has 0 saturated heterocycles. The Morgan fingerprint density at radius 1 is 0.583 bits per heavy atom. The van der Waals surface area contributed by atoms with E-state index < -0.39 is 34.6 Å². The third kappa shape index (κ3) is 3.26. The maximum absolute atomic E-state index is 13.8. The first kappa shape index (κ1) is 25.1. The van der Waals surface area contributed by atoms with E-state index in [0.29, 0.717) is 11.1 Å². The molecule has 0 radical (unpaired) electrons. The van der Waals surface area contributed by atoms with Crippen molar-refractivity contribution in [2.75, 3.05) is 0 Å². The lowest BCUT2D eigenvalue weighted by atomic mass is 9.71. The zero-order chi connectivity index (χ0) is 27.0. The summed E-state index contributed by atoms with van der Waals surface area (Å²) in [5.41, 5.74) is 0.613. The normalized spacial score (nSPS) is 15.9. The summed E-state index contributed by atoms with van der Waals surface area (Å²) in [7, 11) is 0. The number of ketones is 4. The molecule has 7 heteroatoms. The molecule has 0 aliphatic heterocycles. The highest BCUT2D eigenvalue weighted by Gasteiger charge is 2.42. The van der Waals surface area contributed by atoms with Crippen LogP contribution in [0.2, 0.25) is 0 Å². The second-order valence-corrected chi connectivity index (χ2v) is 10.1. The van der Waals surface area contributed by atoms with Crippen LogP contribution in [0.25, 0.3) is 0 Å². The second-order valence-electron chi connectivity index (χ2n) is 10.1. The van der Waals surface area contributed by atoms with Gasteiger partial charge < -0.3 is 15.3 Å². The van der Waals surface area contributed by atoms with Crippen molar-refractivity contribution in [2.24, 2.45) is 0 Å². The first-order valence-corrected chi connectivity index (χ1v) is 11.8. The molecule has 2 aliphatic rings. The van der Waals surface area contributed by atoms with Gasteiger partial charge in [0.2, 0.25) is 0 Å². The molecule has 0 unspecified atom stereocenters. The van der Waals surface area contributed by atoms with E-state index in [1.165, 1.54) is 19.9 Å². The van der Waals surface area contributed by atoms with E-state index in [0.717, 1.165) is 6.07 Å².